The van der Waals surface area contributed by atoms with Crippen LogP contribution in [0, 0.1) is 0 Å². The molecular weight excluding hydrogens is 360 g/mol. The molecule has 80 valence electrons. The fourth-order valence-corrected chi connectivity index (χ4v) is 13.2. The lowest BCUT2D eigenvalue weighted by Crippen LogP contribution is -1.75. The molecule has 0 rings (SSSR count). The Labute approximate surface area is 105 Å². The lowest BCUT2D eigenvalue weighted by Gasteiger charge is -2.08. The molecule has 0 amide bonds. The molecule has 0 aromatic carbocycles. The highest BCUT2D eigenvalue weighted by Crippen LogP contribution is 2.77. The van der Waals surface area contributed by atoms with E-state index in [0.717, 1.165) is 0 Å². The SMILES string of the molecule is C=P(Cl)(Cl)N=P(Cl)(Cl)N=P(N)(Cl)Cl. The summed E-state index contributed by atoms with van der Waals surface area (Å²) >= 11 is 33.2. The van der Waals surface area contributed by atoms with E-state index < -0.39 is 17.6 Å². The van der Waals surface area contributed by atoms with Crippen LogP contribution in [0.2, 0.25) is 0 Å². The van der Waals surface area contributed by atoms with E-state index in [9.17, 15) is 0 Å². The van der Waals surface area contributed by atoms with Gasteiger partial charge in [-0.1, -0.05) is 28.8 Å². The van der Waals surface area contributed by atoms with Gasteiger partial charge in [0.2, 0.25) is 5.91 Å². The monoisotopic (exact) mass is 361 g/mol. The van der Waals surface area contributed by atoms with Crippen LogP contribution in [0.25, 0.3) is 0 Å². The number of hydrogen-bond donors (Lipinski definition) is 1. The highest BCUT2D eigenvalue weighted by atomic mass is 35.9. The van der Waals surface area contributed by atoms with Crippen LogP contribution in [0.1, 0.15) is 0 Å². The first-order valence-corrected chi connectivity index (χ1v) is 13.3. The van der Waals surface area contributed by atoms with Crippen LogP contribution in [0.3, 0.4) is 0 Å². The first-order valence-electron chi connectivity index (χ1n) is 2.39. The van der Waals surface area contributed by atoms with E-state index in [2.05, 4.69) is 15.3 Å². The van der Waals surface area contributed by atoms with Crippen molar-refractivity contribution in [3.05, 3.63) is 0 Å². The third-order valence-electron chi connectivity index (χ3n) is 0.465. The zero-order chi connectivity index (χ0) is 10.9. The summed E-state index contributed by atoms with van der Waals surface area (Å²) in [5, 5.41) is 0. The first kappa shape index (κ1) is 15.5. The summed E-state index contributed by atoms with van der Waals surface area (Å²) in [4.78, 5) is 0. The van der Waals surface area contributed by atoms with Crippen molar-refractivity contribution in [3.8, 4) is 0 Å². The van der Waals surface area contributed by atoms with Gasteiger partial charge in [0.1, 0.15) is 0 Å². The van der Waals surface area contributed by atoms with E-state index >= 15 is 0 Å². The third kappa shape index (κ3) is 10.7. The maximum Gasteiger partial charge on any atom is 0.255 e. The maximum atomic E-state index is 5.65. The minimum Gasteiger partial charge on any atom is -0.273 e. The van der Waals surface area contributed by atoms with Crippen LogP contribution in [0.4, 0.5) is 0 Å². The fraction of sp³-hybridized carbons (Fsp3) is 0. The molecule has 0 unspecified atom stereocenters. The maximum absolute atomic E-state index is 5.65. The Hall–Kier alpha value is 2.46. The molecule has 0 saturated heterocycles. The number of nitrogens with two attached hydrogens (primary N) is 1. The molecule has 12 heteroatoms. The van der Waals surface area contributed by atoms with E-state index in [1.165, 1.54) is 0 Å². The van der Waals surface area contributed by atoms with Crippen molar-refractivity contribution < 1.29 is 0 Å². The van der Waals surface area contributed by atoms with E-state index in [0.29, 0.717) is 0 Å². The lowest BCUT2D eigenvalue weighted by molar-refractivity contribution is 1.86. The fourth-order valence-electron chi connectivity index (χ4n) is 0.319. The van der Waals surface area contributed by atoms with E-state index in [-0.39, 0.29) is 0 Å². The van der Waals surface area contributed by atoms with E-state index in [4.69, 9.17) is 72.9 Å². The first-order chi connectivity index (χ1) is 5.41. The van der Waals surface area contributed by atoms with Crippen LogP contribution in [-0.4, -0.2) is 6.30 Å². The molecule has 0 bridgehead atoms. The van der Waals surface area contributed by atoms with Gasteiger partial charge in [0, 0.05) is 0 Å². The number of rotatable bonds is 2. The Bertz CT molecular complexity index is 321. The third-order valence-corrected chi connectivity index (χ3v) is 9.06. The molecule has 0 aliphatic rings. The number of hydrogen-bond acceptors (Lipinski definition) is 1. The molecule has 0 saturated carbocycles. The van der Waals surface area contributed by atoms with Crippen LogP contribution >= 0.6 is 85.0 Å². The highest BCUT2D eigenvalue weighted by Gasteiger charge is 2.18. The van der Waals surface area contributed by atoms with Crippen molar-refractivity contribution in [1.82, 2.24) is 0 Å². The summed E-state index contributed by atoms with van der Waals surface area (Å²) in [6, 6.07) is 0. The molecular formula is CH4Cl6N3P3. The van der Waals surface area contributed by atoms with Crippen molar-refractivity contribution in [1.29, 1.82) is 0 Å². The van der Waals surface area contributed by atoms with Crippen LogP contribution in [0.5, 0.6) is 0 Å². The number of nitrogens with zero attached hydrogens (tertiary/aromatic N) is 2. The van der Waals surface area contributed by atoms with Gasteiger partial charge in [0.15, 0.2) is 5.74 Å². The van der Waals surface area contributed by atoms with Crippen molar-refractivity contribution in [3.63, 3.8) is 0 Å². The van der Waals surface area contributed by atoms with Crippen LogP contribution < -0.4 is 5.50 Å². The van der Waals surface area contributed by atoms with Gasteiger partial charge in [0.05, 0.1) is 0 Å². The van der Waals surface area contributed by atoms with Gasteiger partial charge in [-0.15, -0.1) is 0 Å². The molecule has 0 radical (unpaired) electrons. The summed E-state index contributed by atoms with van der Waals surface area (Å²) in [5.74, 6) is -8.86. The van der Waals surface area contributed by atoms with Crippen LogP contribution in [0.15, 0.2) is 9.03 Å². The second kappa shape index (κ2) is 5.19. The van der Waals surface area contributed by atoms with Gasteiger partial charge in [-0.3, -0.25) is 5.50 Å². The van der Waals surface area contributed by atoms with Gasteiger partial charge in [-0.25, -0.2) is 4.52 Å². The molecule has 0 aliphatic heterocycles. The predicted octanol–water partition coefficient (Wildman–Crippen LogP) is 6.46. The van der Waals surface area contributed by atoms with Gasteiger partial charge in [0.25, 0.3) is 5.91 Å². The molecule has 0 aromatic heterocycles. The summed E-state index contributed by atoms with van der Waals surface area (Å²) < 4.78 is 7.15. The molecule has 0 atom stereocenters. The molecule has 0 heterocycles. The summed E-state index contributed by atoms with van der Waals surface area (Å²) in [5.41, 5.74) is 5.22. The normalized spacial score (nSPS) is 14.1. The van der Waals surface area contributed by atoms with Gasteiger partial charge < -0.3 is 0 Å². The van der Waals surface area contributed by atoms with Crippen molar-refractivity contribution >= 4 is 91.3 Å². The van der Waals surface area contributed by atoms with Gasteiger partial charge >= 0.3 is 0 Å². The Kier molecular flexibility index (Phi) is 6.18. The van der Waals surface area contributed by atoms with Gasteiger partial charge in [-0.05, 0) is 45.0 Å². The standard InChI is InChI=1S/CH4Cl6N3P3/c1-11(2,3)9-13(6,7)10-12(4,5)8/h1,8H2. The van der Waals surface area contributed by atoms with Crippen molar-refractivity contribution in [2.45, 2.75) is 0 Å². The largest absolute Gasteiger partial charge is 0.273 e. The van der Waals surface area contributed by atoms with Crippen molar-refractivity contribution in [2.75, 3.05) is 0 Å². The van der Waals surface area contributed by atoms with Crippen LogP contribution in [-0.2, 0) is 0 Å². The Balaban J connectivity index is 5.25. The Morgan fingerprint density at radius 1 is 0.923 bits per heavy atom. The zero-order valence-corrected chi connectivity index (χ0v) is 13.0. The Morgan fingerprint density at radius 3 is 1.54 bits per heavy atom. The van der Waals surface area contributed by atoms with E-state index in [1.807, 2.05) is 0 Å². The zero-order valence-electron chi connectivity index (χ0n) is 5.79. The topological polar surface area (TPSA) is 50.7 Å². The van der Waals surface area contributed by atoms with Crippen molar-refractivity contribution in [2.24, 2.45) is 14.5 Å². The number of halogens is 6. The minimum absolute atomic E-state index is 2.77. The second-order valence-electron chi connectivity index (χ2n) is 1.76. The molecule has 0 aliphatic carbocycles. The van der Waals surface area contributed by atoms with E-state index in [1.54, 1.807) is 0 Å². The molecule has 0 aromatic rings. The quantitative estimate of drug-likeness (QED) is 0.562. The summed E-state index contributed by atoms with van der Waals surface area (Å²) in [7, 11) is 0. The molecule has 13 heavy (non-hydrogen) atoms. The Morgan fingerprint density at radius 2 is 1.31 bits per heavy atom. The highest BCUT2D eigenvalue weighted by molar-refractivity contribution is 8.23. The van der Waals surface area contributed by atoms with Gasteiger partial charge in [-0.2, -0.15) is 4.52 Å². The smallest absolute Gasteiger partial charge is 0.255 e. The minimum atomic E-state index is -3.11. The molecule has 3 nitrogen and oxygen atoms in total. The molecule has 2 N–H and O–H groups in total. The summed E-state index contributed by atoms with van der Waals surface area (Å²) in [6.45, 7) is 0. The molecule has 0 fully saturated rings. The predicted molar refractivity (Wildman–Crippen MR) is 72.0 cm³/mol. The average molecular weight is 364 g/mol. The average Bonchev–Trinajstić information content (AvgIpc) is 1.43. The summed E-state index contributed by atoms with van der Waals surface area (Å²) in [6.07, 6.45) is 3.35. The second-order valence-corrected chi connectivity index (χ2v) is 17.2. The molecule has 0 spiro atoms. The lowest BCUT2D eigenvalue weighted by atomic mass is 12.0.